The smallest absolute Gasteiger partial charge is 0.549 e. The second kappa shape index (κ2) is 23.4. The molecule has 0 fully saturated rings. The molecule has 0 unspecified atom stereocenters. The summed E-state index contributed by atoms with van der Waals surface area (Å²) in [4.78, 5) is 10.2. The first kappa shape index (κ1) is 26.7. The minimum atomic E-state index is -1.01. The molecule has 0 spiro atoms. The third kappa shape index (κ3) is 24.7. The van der Waals surface area contributed by atoms with Crippen LogP contribution in [0.1, 0.15) is 110 Å². The normalized spacial score (nSPS) is 10.5. The SMILES string of the molecule is CCCCCCCCCCCCCCCCCCNCC(=O)[O-].[Na+]. The van der Waals surface area contributed by atoms with E-state index in [9.17, 15) is 9.90 Å². The molecular weight excluding hydrogens is 309 g/mol. The number of hydrogen-bond acceptors (Lipinski definition) is 3. The van der Waals surface area contributed by atoms with Crippen LogP contribution in [-0.2, 0) is 4.79 Å². The second-order valence-corrected chi connectivity index (χ2v) is 6.85. The molecule has 0 radical (unpaired) electrons. The predicted octanol–water partition coefficient (Wildman–Crippen LogP) is 1.59. The Labute approximate surface area is 173 Å². The van der Waals surface area contributed by atoms with E-state index in [0.717, 1.165) is 13.0 Å². The van der Waals surface area contributed by atoms with Crippen molar-refractivity contribution in [3.63, 3.8) is 0 Å². The molecule has 0 heterocycles. The van der Waals surface area contributed by atoms with Crippen molar-refractivity contribution in [1.82, 2.24) is 5.32 Å². The summed E-state index contributed by atoms with van der Waals surface area (Å²) in [6.07, 6.45) is 21.9. The Morgan fingerprint density at radius 3 is 1.33 bits per heavy atom. The van der Waals surface area contributed by atoms with Gasteiger partial charge in [-0.05, 0) is 13.0 Å². The molecule has 0 aliphatic rings. The number of carboxylic acid groups (broad SMARTS) is 1. The van der Waals surface area contributed by atoms with Crippen LogP contribution in [0.4, 0.5) is 0 Å². The summed E-state index contributed by atoms with van der Waals surface area (Å²) < 4.78 is 0. The maximum absolute atomic E-state index is 10.2. The number of carbonyl (C=O) groups excluding carboxylic acids is 1. The first-order valence-corrected chi connectivity index (χ1v) is 10.2. The Balaban J connectivity index is 0. The molecular formula is C20H40NNaO2. The van der Waals surface area contributed by atoms with Gasteiger partial charge in [-0.25, -0.2) is 0 Å². The molecule has 0 atom stereocenters. The molecule has 0 rings (SSSR count). The summed E-state index contributed by atoms with van der Waals surface area (Å²) in [6.45, 7) is 3.06. The summed E-state index contributed by atoms with van der Waals surface area (Å²) in [5.74, 6) is -1.01. The number of carbonyl (C=O) groups is 1. The van der Waals surface area contributed by atoms with Gasteiger partial charge in [0.2, 0.25) is 0 Å². The van der Waals surface area contributed by atoms with Gasteiger partial charge in [-0.1, -0.05) is 103 Å². The molecule has 4 heteroatoms. The van der Waals surface area contributed by atoms with E-state index in [4.69, 9.17) is 0 Å². The zero-order valence-corrected chi connectivity index (χ0v) is 18.5. The predicted molar refractivity (Wildman–Crippen MR) is 97.4 cm³/mol. The summed E-state index contributed by atoms with van der Waals surface area (Å²) >= 11 is 0. The fourth-order valence-electron chi connectivity index (χ4n) is 2.99. The maximum Gasteiger partial charge on any atom is 1.00 e. The van der Waals surface area contributed by atoms with Crippen LogP contribution in [0, 0.1) is 0 Å². The van der Waals surface area contributed by atoms with E-state index in [-0.39, 0.29) is 36.1 Å². The van der Waals surface area contributed by atoms with Gasteiger partial charge in [-0.3, -0.25) is 0 Å². The largest absolute Gasteiger partial charge is 1.00 e. The minimum Gasteiger partial charge on any atom is -0.549 e. The van der Waals surface area contributed by atoms with Crippen molar-refractivity contribution in [3.8, 4) is 0 Å². The number of carboxylic acids is 1. The Morgan fingerprint density at radius 1 is 0.667 bits per heavy atom. The molecule has 3 nitrogen and oxygen atoms in total. The van der Waals surface area contributed by atoms with E-state index in [1.54, 1.807) is 0 Å². The van der Waals surface area contributed by atoms with Gasteiger partial charge in [0.15, 0.2) is 0 Å². The van der Waals surface area contributed by atoms with Gasteiger partial charge in [0.05, 0.1) is 5.97 Å². The molecule has 1 N–H and O–H groups in total. The third-order valence-corrected chi connectivity index (χ3v) is 4.48. The van der Waals surface area contributed by atoms with Crippen LogP contribution in [0.2, 0.25) is 0 Å². The molecule has 0 amide bonds. The molecule has 0 saturated heterocycles. The van der Waals surface area contributed by atoms with Crippen LogP contribution in [0.5, 0.6) is 0 Å². The van der Waals surface area contributed by atoms with Crippen LogP contribution in [-0.4, -0.2) is 19.1 Å². The van der Waals surface area contributed by atoms with E-state index >= 15 is 0 Å². The molecule has 0 saturated carbocycles. The van der Waals surface area contributed by atoms with Gasteiger partial charge in [0, 0.05) is 6.54 Å². The molecule has 24 heavy (non-hydrogen) atoms. The monoisotopic (exact) mass is 349 g/mol. The van der Waals surface area contributed by atoms with Gasteiger partial charge >= 0.3 is 29.6 Å². The fourth-order valence-corrected chi connectivity index (χ4v) is 2.99. The summed E-state index contributed by atoms with van der Waals surface area (Å²) in [6, 6.07) is 0. The zero-order chi connectivity index (χ0) is 17.0. The van der Waals surface area contributed by atoms with E-state index in [1.165, 1.54) is 96.3 Å². The van der Waals surface area contributed by atoms with Gasteiger partial charge in [-0.2, -0.15) is 0 Å². The Morgan fingerprint density at radius 2 is 1.00 bits per heavy atom. The van der Waals surface area contributed by atoms with E-state index in [1.807, 2.05) is 0 Å². The maximum atomic E-state index is 10.2. The average molecular weight is 350 g/mol. The Kier molecular flexibility index (Phi) is 26.0. The summed E-state index contributed by atoms with van der Waals surface area (Å²) in [5, 5.41) is 13.1. The van der Waals surface area contributed by atoms with Crippen LogP contribution >= 0.6 is 0 Å². The van der Waals surface area contributed by atoms with Gasteiger partial charge < -0.3 is 15.2 Å². The Hall–Kier alpha value is 0.430. The van der Waals surface area contributed by atoms with Gasteiger partial charge in [-0.15, -0.1) is 0 Å². The van der Waals surface area contributed by atoms with Crippen LogP contribution in [0.3, 0.4) is 0 Å². The number of nitrogens with one attached hydrogen (secondary N) is 1. The van der Waals surface area contributed by atoms with Crippen molar-refractivity contribution >= 4 is 5.97 Å². The van der Waals surface area contributed by atoms with Crippen LogP contribution < -0.4 is 40.0 Å². The third-order valence-electron chi connectivity index (χ3n) is 4.48. The van der Waals surface area contributed by atoms with Gasteiger partial charge in [0.25, 0.3) is 0 Å². The first-order valence-electron chi connectivity index (χ1n) is 10.2. The standard InChI is InChI=1S/C20H41NO2.Na/c1-2-3-4-5-6-7-8-9-10-11-12-13-14-15-16-17-18-21-19-20(22)23;/h21H,2-19H2,1H3,(H,22,23);/q;+1/p-1. The van der Waals surface area contributed by atoms with Crippen LogP contribution in [0.25, 0.3) is 0 Å². The molecule has 138 valence electrons. The van der Waals surface area contributed by atoms with Crippen molar-refractivity contribution in [2.75, 3.05) is 13.1 Å². The fraction of sp³-hybridized carbons (Fsp3) is 0.950. The Bertz CT molecular complexity index is 250. The molecule has 0 aromatic rings. The second-order valence-electron chi connectivity index (χ2n) is 6.85. The first-order chi connectivity index (χ1) is 11.3. The average Bonchev–Trinajstić information content (AvgIpc) is 2.53. The molecule has 0 aliphatic heterocycles. The number of aliphatic carboxylic acids is 1. The topological polar surface area (TPSA) is 52.2 Å². The van der Waals surface area contributed by atoms with Crippen LogP contribution in [0.15, 0.2) is 0 Å². The van der Waals surface area contributed by atoms with E-state index in [2.05, 4.69) is 12.2 Å². The number of rotatable bonds is 19. The molecule has 0 aromatic heterocycles. The van der Waals surface area contributed by atoms with E-state index in [0.29, 0.717) is 0 Å². The minimum absolute atomic E-state index is 0. The quantitative estimate of drug-likeness (QED) is 0.285. The van der Waals surface area contributed by atoms with Gasteiger partial charge in [0.1, 0.15) is 0 Å². The zero-order valence-electron chi connectivity index (χ0n) is 16.5. The van der Waals surface area contributed by atoms with Crippen molar-refractivity contribution in [2.24, 2.45) is 0 Å². The van der Waals surface area contributed by atoms with Crippen molar-refractivity contribution in [2.45, 2.75) is 110 Å². The summed E-state index contributed by atoms with van der Waals surface area (Å²) in [5.41, 5.74) is 0. The molecule has 0 aromatic carbocycles. The van der Waals surface area contributed by atoms with Crippen molar-refractivity contribution < 1.29 is 39.5 Å². The van der Waals surface area contributed by atoms with Crippen molar-refractivity contribution in [1.29, 1.82) is 0 Å². The van der Waals surface area contributed by atoms with Crippen molar-refractivity contribution in [3.05, 3.63) is 0 Å². The van der Waals surface area contributed by atoms with E-state index < -0.39 is 5.97 Å². The molecule has 0 aliphatic carbocycles. The number of hydrogen-bond donors (Lipinski definition) is 1. The summed E-state index contributed by atoms with van der Waals surface area (Å²) in [7, 11) is 0. The number of unbranched alkanes of at least 4 members (excludes halogenated alkanes) is 15. The molecule has 0 bridgehead atoms.